The molecule has 1 aromatic rings. The van der Waals surface area contributed by atoms with Crippen molar-refractivity contribution in [2.45, 2.75) is 6.92 Å². The van der Waals surface area contributed by atoms with Crippen LogP contribution in [0.1, 0.15) is 6.92 Å². The highest BCUT2D eigenvalue weighted by atomic mass is 15.3. The van der Waals surface area contributed by atoms with Crippen LogP contribution in [0.4, 0.5) is 17.1 Å². The number of fused-ring (bicyclic) bond motifs is 1. The van der Waals surface area contributed by atoms with E-state index in [0.29, 0.717) is 0 Å². The van der Waals surface area contributed by atoms with E-state index in [-0.39, 0.29) is 0 Å². The van der Waals surface area contributed by atoms with Crippen molar-refractivity contribution in [1.29, 1.82) is 0 Å². The third-order valence-corrected chi connectivity index (χ3v) is 2.65. The molecule has 0 radical (unpaired) electrons. The van der Waals surface area contributed by atoms with Crippen LogP contribution in [0.25, 0.3) is 0 Å². The molecule has 2 aliphatic heterocycles. The van der Waals surface area contributed by atoms with Crippen LogP contribution in [0.2, 0.25) is 0 Å². The molecule has 3 rings (SSSR count). The van der Waals surface area contributed by atoms with E-state index in [0.717, 1.165) is 0 Å². The number of benzene rings is 1. The van der Waals surface area contributed by atoms with E-state index in [1.54, 1.807) is 0 Å². The van der Waals surface area contributed by atoms with Crippen LogP contribution >= 0.6 is 0 Å². The summed E-state index contributed by atoms with van der Waals surface area (Å²) in [4.78, 5) is 4.47. The number of nitrogens with zero attached hydrogens (tertiary/aromatic N) is 2. The van der Waals surface area contributed by atoms with Gasteiger partial charge in [0, 0.05) is 18.9 Å². The van der Waals surface area contributed by atoms with Gasteiger partial charge >= 0.3 is 0 Å². The molecule has 0 bridgehead atoms. The summed E-state index contributed by atoms with van der Waals surface area (Å²) in [6.07, 6.45) is 2.18. The number of para-hydroxylation sites is 1. The first-order chi connectivity index (χ1) is 5.79. The summed E-state index contributed by atoms with van der Waals surface area (Å²) >= 11 is 0. The first-order valence-corrected chi connectivity index (χ1v) is 4.13. The Balaban J connectivity index is 2.26. The normalized spacial score (nSPS) is 17.3. The molecule has 0 aliphatic carbocycles. The third-order valence-electron chi connectivity index (χ3n) is 2.65. The summed E-state index contributed by atoms with van der Waals surface area (Å²) in [6, 6.07) is 6.42. The number of anilines is 3. The molecule has 2 heteroatoms. The maximum Gasteiger partial charge on any atom is 0.0938 e. The standard InChI is InChI=1S/C10H10N2/c1-7-6-12-9-5-3-4-8(10(9)12)11(7)2/h3-6H,1-2H3. The Morgan fingerprint density at radius 3 is 2.75 bits per heavy atom. The quantitative estimate of drug-likeness (QED) is 0.535. The van der Waals surface area contributed by atoms with Gasteiger partial charge in [-0.2, -0.15) is 0 Å². The molecule has 1 aromatic carbocycles. The van der Waals surface area contributed by atoms with E-state index in [1.807, 2.05) is 0 Å². The molecule has 0 unspecified atom stereocenters. The maximum atomic E-state index is 2.24. The number of rotatable bonds is 0. The van der Waals surface area contributed by atoms with E-state index < -0.39 is 0 Å². The number of allylic oxidation sites excluding steroid dienone is 1. The largest absolute Gasteiger partial charge is 0.345 e. The monoisotopic (exact) mass is 158 g/mol. The average Bonchev–Trinajstić information content (AvgIpc) is 2.76. The smallest absolute Gasteiger partial charge is 0.0938 e. The van der Waals surface area contributed by atoms with Gasteiger partial charge in [0.2, 0.25) is 0 Å². The van der Waals surface area contributed by atoms with Gasteiger partial charge in [-0.1, -0.05) is 6.07 Å². The van der Waals surface area contributed by atoms with Crippen molar-refractivity contribution in [3.8, 4) is 0 Å². The molecule has 2 heterocycles. The van der Waals surface area contributed by atoms with Crippen LogP contribution in [0.5, 0.6) is 0 Å². The van der Waals surface area contributed by atoms with Crippen molar-refractivity contribution in [3.63, 3.8) is 0 Å². The van der Waals surface area contributed by atoms with Gasteiger partial charge in [0.1, 0.15) is 0 Å². The van der Waals surface area contributed by atoms with Crippen molar-refractivity contribution < 1.29 is 0 Å². The van der Waals surface area contributed by atoms with Crippen LogP contribution < -0.4 is 9.80 Å². The highest BCUT2D eigenvalue weighted by Crippen LogP contribution is 2.57. The van der Waals surface area contributed by atoms with Crippen LogP contribution in [-0.4, -0.2) is 7.05 Å². The van der Waals surface area contributed by atoms with Gasteiger partial charge in [0.05, 0.1) is 17.1 Å². The minimum Gasteiger partial charge on any atom is -0.345 e. The lowest BCUT2D eigenvalue weighted by Crippen LogP contribution is -2.17. The Kier molecular flexibility index (Phi) is 0.845. The number of hydrogen-bond donors (Lipinski definition) is 0. The predicted molar refractivity (Wildman–Crippen MR) is 50.7 cm³/mol. The van der Waals surface area contributed by atoms with Crippen LogP contribution in [0.3, 0.4) is 0 Å². The SMILES string of the molecule is CC1=CN2c3cccc(c32)N1C. The number of hydrogen-bond acceptors (Lipinski definition) is 2. The molecule has 0 saturated carbocycles. The predicted octanol–water partition coefficient (Wildman–Crippen LogP) is 2.45. The summed E-state index contributed by atoms with van der Waals surface area (Å²) in [5, 5.41) is 0. The molecule has 0 saturated heterocycles. The first kappa shape index (κ1) is 6.12. The maximum absolute atomic E-state index is 2.24. The van der Waals surface area contributed by atoms with Gasteiger partial charge < -0.3 is 9.80 Å². The van der Waals surface area contributed by atoms with E-state index >= 15 is 0 Å². The molecule has 12 heavy (non-hydrogen) atoms. The van der Waals surface area contributed by atoms with Gasteiger partial charge in [-0.15, -0.1) is 0 Å². The summed E-state index contributed by atoms with van der Waals surface area (Å²) in [7, 11) is 2.11. The second-order valence-electron chi connectivity index (χ2n) is 3.34. The summed E-state index contributed by atoms with van der Waals surface area (Å²) in [6.45, 7) is 2.13. The fourth-order valence-electron chi connectivity index (χ4n) is 1.78. The third kappa shape index (κ3) is 0.524. The van der Waals surface area contributed by atoms with Crippen LogP contribution in [0, 0.1) is 0 Å². The van der Waals surface area contributed by atoms with E-state index in [9.17, 15) is 0 Å². The van der Waals surface area contributed by atoms with Crippen LogP contribution in [-0.2, 0) is 0 Å². The van der Waals surface area contributed by atoms with Crippen LogP contribution in [0.15, 0.2) is 30.1 Å². The molecule has 2 nitrogen and oxygen atoms in total. The Morgan fingerprint density at radius 2 is 1.92 bits per heavy atom. The molecule has 60 valence electrons. The lowest BCUT2D eigenvalue weighted by Gasteiger charge is -2.22. The average molecular weight is 158 g/mol. The zero-order valence-corrected chi connectivity index (χ0v) is 7.20. The minimum atomic E-state index is 1.30. The fourth-order valence-corrected chi connectivity index (χ4v) is 1.78. The van der Waals surface area contributed by atoms with E-state index in [1.165, 1.54) is 22.8 Å². The molecule has 0 N–H and O–H groups in total. The van der Waals surface area contributed by atoms with Gasteiger partial charge in [-0.3, -0.25) is 0 Å². The van der Waals surface area contributed by atoms with Crippen molar-refractivity contribution in [2.75, 3.05) is 16.8 Å². The van der Waals surface area contributed by atoms with Crippen molar-refractivity contribution >= 4 is 17.1 Å². The van der Waals surface area contributed by atoms with Crippen molar-refractivity contribution in [3.05, 3.63) is 30.1 Å². The molecule has 0 aromatic heterocycles. The Bertz CT molecular complexity index is 393. The fraction of sp³-hybridized carbons (Fsp3) is 0.200. The van der Waals surface area contributed by atoms with Gasteiger partial charge in [-0.25, -0.2) is 0 Å². The Morgan fingerprint density at radius 1 is 1.17 bits per heavy atom. The van der Waals surface area contributed by atoms with Gasteiger partial charge in [-0.05, 0) is 19.1 Å². The summed E-state index contributed by atoms with van der Waals surface area (Å²) < 4.78 is 0. The lowest BCUT2D eigenvalue weighted by atomic mass is 10.3. The Hall–Kier alpha value is -1.44. The molecule has 0 amide bonds. The zero-order valence-electron chi connectivity index (χ0n) is 7.20. The molecular weight excluding hydrogens is 148 g/mol. The lowest BCUT2D eigenvalue weighted by molar-refractivity contribution is 1.07. The van der Waals surface area contributed by atoms with Gasteiger partial charge in [0.25, 0.3) is 0 Å². The summed E-state index contributed by atoms with van der Waals surface area (Å²) in [5.74, 6) is 0. The first-order valence-electron chi connectivity index (χ1n) is 4.13. The zero-order chi connectivity index (χ0) is 8.29. The van der Waals surface area contributed by atoms with E-state index in [2.05, 4.69) is 48.2 Å². The second kappa shape index (κ2) is 1.66. The topological polar surface area (TPSA) is 6.25 Å². The van der Waals surface area contributed by atoms with Crippen molar-refractivity contribution in [2.24, 2.45) is 0 Å². The van der Waals surface area contributed by atoms with Gasteiger partial charge in [0.15, 0.2) is 0 Å². The molecule has 0 atom stereocenters. The minimum absolute atomic E-state index is 1.30. The molecular formula is C10H10N2. The van der Waals surface area contributed by atoms with Crippen molar-refractivity contribution in [1.82, 2.24) is 0 Å². The van der Waals surface area contributed by atoms with E-state index in [4.69, 9.17) is 0 Å². The second-order valence-corrected chi connectivity index (χ2v) is 3.34. The molecule has 0 fully saturated rings. The highest BCUT2D eigenvalue weighted by Gasteiger charge is 2.35. The molecule has 0 spiro atoms. The summed E-state index contributed by atoms with van der Waals surface area (Å²) in [5.41, 5.74) is 5.36. The molecule has 2 aliphatic rings. The Labute approximate surface area is 71.7 Å². The highest BCUT2D eigenvalue weighted by molar-refractivity contribution is 6.05.